The Morgan fingerprint density at radius 3 is 2.71 bits per heavy atom. The molecule has 94 valence electrons. The van der Waals surface area contributed by atoms with E-state index in [1.54, 1.807) is 0 Å². The highest BCUT2D eigenvalue weighted by atomic mass is 16.3. The third-order valence-corrected chi connectivity index (χ3v) is 3.65. The van der Waals surface area contributed by atoms with E-state index < -0.39 is 5.60 Å². The fourth-order valence-electron chi connectivity index (χ4n) is 2.65. The predicted octanol–water partition coefficient (Wildman–Crippen LogP) is 2.78. The van der Waals surface area contributed by atoms with Crippen molar-refractivity contribution >= 4 is 0 Å². The van der Waals surface area contributed by atoms with Crippen LogP contribution in [0.5, 0.6) is 0 Å². The summed E-state index contributed by atoms with van der Waals surface area (Å²) in [4.78, 5) is 0. The van der Waals surface area contributed by atoms with Crippen LogP contribution in [0.1, 0.15) is 43.2 Å². The van der Waals surface area contributed by atoms with Crippen molar-refractivity contribution in [1.29, 1.82) is 0 Å². The van der Waals surface area contributed by atoms with E-state index in [0.717, 1.165) is 25.9 Å². The first-order valence-electron chi connectivity index (χ1n) is 6.67. The van der Waals surface area contributed by atoms with Crippen molar-refractivity contribution in [2.24, 2.45) is 0 Å². The Balaban J connectivity index is 1.79. The van der Waals surface area contributed by atoms with Gasteiger partial charge in [-0.15, -0.1) is 0 Å². The summed E-state index contributed by atoms with van der Waals surface area (Å²) >= 11 is 0. The van der Waals surface area contributed by atoms with Gasteiger partial charge in [0.2, 0.25) is 0 Å². The van der Waals surface area contributed by atoms with Crippen LogP contribution in [0.15, 0.2) is 24.3 Å². The molecule has 2 nitrogen and oxygen atoms in total. The zero-order valence-corrected chi connectivity index (χ0v) is 10.7. The Morgan fingerprint density at radius 2 is 2.00 bits per heavy atom. The van der Waals surface area contributed by atoms with Crippen LogP contribution in [0.3, 0.4) is 0 Å². The lowest BCUT2D eigenvalue weighted by Gasteiger charge is -2.32. The molecule has 0 heterocycles. The number of hydrogen-bond donors (Lipinski definition) is 2. The lowest BCUT2D eigenvalue weighted by atomic mass is 9.85. The van der Waals surface area contributed by atoms with E-state index in [9.17, 15) is 5.11 Å². The standard InChI is InChI=1S/C15H23NO/c1-13-6-5-7-14(10-13)11-16-12-15(17)8-3-2-4-9-15/h5-7,10,16-17H,2-4,8-9,11-12H2,1H3. The average molecular weight is 233 g/mol. The first-order valence-corrected chi connectivity index (χ1v) is 6.67. The molecular weight excluding hydrogens is 210 g/mol. The molecule has 0 saturated heterocycles. The summed E-state index contributed by atoms with van der Waals surface area (Å²) in [7, 11) is 0. The van der Waals surface area contributed by atoms with Gasteiger partial charge < -0.3 is 10.4 Å². The smallest absolute Gasteiger partial charge is 0.0771 e. The molecule has 0 unspecified atom stereocenters. The first kappa shape index (κ1) is 12.6. The minimum Gasteiger partial charge on any atom is -0.389 e. The number of nitrogens with one attached hydrogen (secondary N) is 1. The number of rotatable bonds is 4. The van der Waals surface area contributed by atoms with Crippen molar-refractivity contribution in [2.45, 2.75) is 51.2 Å². The molecule has 1 fully saturated rings. The maximum Gasteiger partial charge on any atom is 0.0771 e. The molecule has 0 bridgehead atoms. The van der Waals surface area contributed by atoms with Crippen molar-refractivity contribution in [1.82, 2.24) is 5.32 Å². The van der Waals surface area contributed by atoms with Crippen LogP contribution in [0.4, 0.5) is 0 Å². The van der Waals surface area contributed by atoms with Gasteiger partial charge in [-0.2, -0.15) is 0 Å². The van der Waals surface area contributed by atoms with Crippen molar-refractivity contribution < 1.29 is 5.11 Å². The highest BCUT2D eigenvalue weighted by Gasteiger charge is 2.28. The number of aliphatic hydroxyl groups is 1. The topological polar surface area (TPSA) is 32.3 Å². The molecule has 0 atom stereocenters. The third kappa shape index (κ3) is 3.83. The van der Waals surface area contributed by atoms with Crippen LogP contribution in [-0.4, -0.2) is 17.3 Å². The van der Waals surface area contributed by atoms with Crippen LogP contribution >= 0.6 is 0 Å². The highest BCUT2D eigenvalue weighted by Crippen LogP contribution is 2.27. The number of benzene rings is 1. The van der Waals surface area contributed by atoms with Crippen molar-refractivity contribution in [3.63, 3.8) is 0 Å². The minimum absolute atomic E-state index is 0.456. The van der Waals surface area contributed by atoms with Gasteiger partial charge in [-0.3, -0.25) is 0 Å². The van der Waals surface area contributed by atoms with E-state index in [1.807, 2.05) is 0 Å². The first-order chi connectivity index (χ1) is 8.18. The predicted molar refractivity (Wildman–Crippen MR) is 70.9 cm³/mol. The third-order valence-electron chi connectivity index (χ3n) is 3.65. The molecule has 1 aliphatic rings. The van der Waals surface area contributed by atoms with Crippen LogP contribution in [0, 0.1) is 6.92 Å². The number of hydrogen-bond acceptors (Lipinski definition) is 2. The largest absolute Gasteiger partial charge is 0.389 e. The Morgan fingerprint density at radius 1 is 1.24 bits per heavy atom. The highest BCUT2D eigenvalue weighted by molar-refractivity contribution is 5.21. The normalized spacial score (nSPS) is 19.2. The van der Waals surface area contributed by atoms with Crippen LogP contribution in [-0.2, 0) is 6.54 Å². The second-order valence-corrected chi connectivity index (χ2v) is 5.38. The van der Waals surface area contributed by atoms with Gasteiger partial charge >= 0.3 is 0 Å². The van der Waals surface area contributed by atoms with E-state index in [1.165, 1.54) is 30.4 Å². The van der Waals surface area contributed by atoms with Gasteiger partial charge in [-0.05, 0) is 25.3 Å². The lowest BCUT2D eigenvalue weighted by molar-refractivity contribution is 0.00468. The summed E-state index contributed by atoms with van der Waals surface area (Å²) < 4.78 is 0. The molecule has 17 heavy (non-hydrogen) atoms. The van der Waals surface area contributed by atoms with Gasteiger partial charge in [0, 0.05) is 13.1 Å². The van der Waals surface area contributed by atoms with E-state index in [2.05, 4.69) is 36.5 Å². The molecule has 1 saturated carbocycles. The van der Waals surface area contributed by atoms with Crippen LogP contribution in [0.2, 0.25) is 0 Å². The van der Waals surface area contributed by atoms with Crippen molar-refractivity contribution in [2.75, 3.05) is 6.54 Å². The molecular formula is C15H23NO. The SMILES string of the molecule is Cc1cccc(CNCC2(O)CCCCC2)c1. The molecule has 1 aromatic carbocycles. The van der Waals surface area contributed by atoms with E-state index in [4.69, 9.17) is 0 Å². The van der Waals surface area contributed by atoms with Crippen LogP contribution < -0.4 is 5.32 Å². The fraction of sp³-hybridized carbons (Fsp3) is 0.600. The van der Waals surface area contributed by atoms with Crippen molar-refractivity contribution in [3.8, 4) is 0 Å². The van der Waals surface area contributed by atoms with E-state index in [-0.39, 0.29) is 0 Å². The Labute approximate surface area is 104 Å². The number of aryl methyl sites for hydroxylation is 1. The second-order valence-electron chi connectivity index (χ2n) is 5.38. The summed E-state index contributed by atoms with van der Waals surface area (Å²) in [5.74, 6) is 0. The maximum absolute atomic E-state index is 10.3. The van der Waals surface area contributed by atoms with Gasteiger partial charge in [-0.25, -0.2) is 0 Å². The van der Waals surface area contributed by atoms with Gasteiger partial charge in [0.25, 0.3) is 0 Å². The molecule has 1 aliphatic carbocycles. The average Bonchev–Trinajstić information content (AvgIpc) is 2.30. The molecule has 1 aromatic rings. The van der Waals surface area contributed by atoms with Gasteiger partial charge in [0.05, 0.1) is 5.60 Å². The van der Waals surface area contributed by atoms with Crippen LogP contribution in [0.25, 0.3) is 0 Å². The molecule has 0 amide bonds. The second kappa shape index (κ2) is 5.65. The Bertz CT molecular complexity index is 356. The monoisotopic (exact) mass is 233 g/mol. The summed E-state index contributed by atoms with van der Waals surface area (Å²) in [6, 6.07) is 8.52. The zero-order chi connectivity index (χ0) is 12.1. The molecule has 0 spiro atoms. The Kier molecular flexibility index (Phi) is 4.19. The molecule has 0 aromatic heterocycles. The van der Waals surface area contributed by atoms with Crippen molar-refractivity contribution in [3.05, 3.63) is 35.4 Å². The zero-order valence-electron chi connectivity index (χ0n) is 10.7. The Hall–Kier alpha value is -0.860. The van der Waals surface area contributed by atoms with E-state index >= 15 is 0 Å². The lowest BCUT2D eigenvalue weighted by Crippen LogP contribution is -2.41. The summed E-state index contributed by atoms with van der Waals surface area (Å²) in [5.41, 5.74) is 2.13. The summed E-state index contributed by atoms with van der Waals surface area (Å²) in [5, 5.41) is 13.7. The minimum atomic E-state index is -0.456. The molecule has 2 N–H and O–H groups in total. The molecule has 2 rings (SSSR count). The molecule has 0 aliphatic heterocycles. The molecule has 2 heteroatoms. The molecule has 0 radical (unpaired) electrons. The summed E-state index contributed by atoms with van der Waals surface area (Å²) in [6.45, 7) is 3.68. The maximum atomic E-state index is 10.3. The van der Waals surface area contributed by atoms with E-state index in [0.29, 0.717) is 0 Å². The van der Waals surface area contributed by atoms with Gasteiger partial charge in [-0.1, -0.05) is 49.1 Å². The van der Waals surface area contributed by atoms with Gasteiger partial charge in [0.15, 0.2) is 0 Å². The fourth-order valence-corrected chi connectivity index (χ4v) is 2.65. The quantitative estimate of drug-likeness (QED) is 0.838. The summed E-state index contributed by atoms with van der Waals surface area (Å²) in [6.07, 6.45) is 5.52. The van der Waals surface area contributed by atoms with Gasteiger partial charge in [0.1, 0.15) is 0 Å².